The van der Waals surface area contributed by atoms with Crippen LogP contribution < -0.4 is 10.1 Å². The summed E-state index contributed by atoms with van der Waals surface area (Å²) >= 11 is 1.53. The Bertz CT molecular complexity index is 361. The van der Waals surface area contributed by atoms with E-state index in [9.17, 15) is 0 Å². The monoisotopic (exact) mass is 283 g/mol. The van der Waals surface area contributed by atoms with E-state index in [1.807, 2.05) is 12.3 Å². The predicted molar refractivity (Wildman–Crippen MR) is 82.2 cm³/mol. The Morgan fingerprint density at radius 3 is 2.63 bits per heavy atom. The van der Waals surface area contributed by atoms with Gasteiger partial charge in [-0.2, -0.15) is 4.98 Å². The number of aromatic nitrogens is 2. The molecule has 108 valence electrons. The van der Waals surface area contributed by atoms with Crippen molar-refractivity contribution in [2.45, 2.75) is 51.1 Å². The first-order valence-corrected chi connectivity index (χ1v) is 8.32. The highest BCUT2D eigenvalue weighted by molar-refractivity contribution is 7.98. The third kappa shape index (κ3) is 6.66. The lowest BCUT2D eigenvalue weighted by molar-refractivity contribution is 0.290. The van der Waals surface area contributed by atoms with E-state index in [2.05, 4.69) is 29.1 Å². The van der Waals surface area contributed by atoms with Gasteiger partial charge in [0.05, 0.1) is 6.61 Å². The molecule has 0 fully saturated rings. The normalized spacial score (nSPS) is 10.5. The molecular weight excluding hydrogens is 258 g/mol. The number of nitrogens with one attached hydrogen (secondary N) is 1. The molecule has 0 bridgehead atoms. The molecule has 0 spiro atoms. The van der Waals surface area contributed by atoms with Crippen LogP contribution >= 0.6 is 11.8 Å². The molecule has 1 heterocycles. The fraction of sp³-hybridized carbons (Fsp3) is 0.714. The van der Waals surface area contributed by atoms with Crippen molar-refractivity contribution in [1.82, 2.24) is 9.97 Å². The van der Waals surface area contributed by atoms with Crippen LogP contribution in [-0.4, -0.2) is 29.4 Å². The van der Waals surface area contributed by atoms with Gasteiger partial charge in [-0.3, -0.25) is 0 Å². The van der Waals surface area contributed by atoms with E-state index >= 15 is 0 Å². The zero-order valence-corrected chi connectivity index (χ0v) is 13.1. The van der Waals surface area contributed by atoms with Crippen molar-refractivity contribution in [1.29, 1.82) is 0 Å². The molecule has 0 saturated carbocycles. The summed E-state index contributed by atoms with van der Waals surface area (Å²) in [5, 5.41) is 3.95. The molecule has 19 heavy (non-hydrogen) atoms. The average Bonchev–Trinajstić information content (AvgIpc) is 2.43. The van der Waals surface area contributed by atoms with Crippen LogP contribution in [0.25, 0.3) is 0 Å². The first-order valence-electron chi connectivity index (χ1n) is 7.09. The van der Waals surface area contributed by atoms with Crippen LogP contribution in [0.2, 0.25) is 0 Å². The van der Waals surface area contributed by atoms with Crippen LogP contribution in [0, 0.1) is 0 Å². The minimum atomic E-state index is 0.672. The van der Waals surface area contributed by atoms with E-state index in [0.717, 1.165) is 30.5 Å². The molecule has 0 atom stereocenters. The molecule has 0 aliphatic carbocycles. The van der Waals surface area contributed by atoms with E-state index in [0.29, 0.717) is 5.88 Å². The molecule has 4 nitrogen and oxygen atoms in total. The predicted octanol–water partition coefficient (Wildman–Crippen LogP) is 3.98. The summed E-state index contributed by atoms with van der Waals surface area (Å²) in [7, 11) is 0. The Labute approximate surface area is 120 Å². The second kappa shape index (κ2) is 9.89. The van der Waals surface area contributed by atoms with Crippen molar-refractivity contribution < 1.29 is 4.74 Å². The maximum atomic E-state index is 5.71. The van der Waals surface area contributed by atoms with Crippen molar-refractivity contribution in [3.8, 4) is 5.88 Å². The fourth-order valence-corrected chi connectivity index (χ4v) is 2.09. The van der Waals surface area contributed by atoms with Gasteiger partial charge in [0.25, 0.3) is 0 Å². The third-order valence-corrected chi connectivity index (χ3v) is 3.27. The van der Waals surface area contributed by atoms with E-state index in [1.54, 1.807) is 0 Å². The van der Waals surface area contributed by atoms with Gasteiger partial charge < -0.3 is 10.1 Å². The highest BCUT2D eigenvalue weighted by Crippen LogP contribution is 2.19. The summed E-state index contributed by atoms with van der Waals surface area (Å²) in [6.45, 7) is 5.86. The van der Waals surface area contributed by atoms with E-state index < -0.39 is 0 Å². The Hall–Kier alpha value is -0.970. The summed E-state index contributed by atoms with van der Waals surface area (Å²) in [6.07, 6.45) is 8.18. The van der Waals surface area contributed by atoms with Crippen molar-refractivity contribution in [2.24, 2.45) is 0 Å². The third-order valence-electron chi connectivity index (χ3n) is 2.72. The second-order valence-corrected chi connectivity index (χ2v) is 5.14. The Kier molecular flexibility index (Phi) is 8.38. The zero-order chi connectivity index (χ0) is 13.9. The number of anilines is 1. The molecule has 0 radical (unpaired) electrons. The number of rotatable bonds is 10. The summed E-state index contributed by atoms with van der Waals surface area (Å²) < 4.78 is 5.71. The standard InChI is InChI=1S/C14H25N3OS/c1-4-6-7-8-9-10-18-13-11-12(15-5-2)16-14(17-13)19-3/h11H,4-10H2,1-3H3,(H,15,16,17). The fourth-order valence-electron chi connectivity index (χ4n) is 1.72. The molecule has 5 heteroatoms. The van der Waals surface area contributed by atoms with Crippen LogP contribution in [0.4, 0.5) is 5.82 Å². The summed E-state index contributed by atoms with van der Waals surface area (Å²) in [4.78, 5) is 8.73. The molecule has 0 amide bonds. The van der Waals surface area contributed by atoms with Crippen molar-refractivity contribution in [3.05, 3.63) is 6.07 Å². The van der Waals surface area contributed by atoms with Gasteiger partial charge in [0, 0.05) is 12.6 Å². The zero-order valence-electron chi connectivity index (χ0n) is 12.2. The smallest absolute Gasteiger partial charge is 0.219 e. The first kappa shape index (κ1) is 16.1. The second-order valence-electron chi connectivity index (χ2n) is 4.37. The molecule has 0 aliphatic rings. The van der Waals surface area contributed by atoms with Crippen LogP contribution in [0.15, 0.2) is 11.2 Å². The number of thioether (sulfide) groups is 1. The van der Waals surface area contributed by atoms with Crippen LogP contribution in [0.5, 0.6) is 5.88 Å². The summed E-state index contributed by atoms with van der Waals surface area (Å²) in [5.74, 6) is 1.51. The van der Waals surface area contributed by atoms with Gasteiger partial charge in [-0.15, -0.1) is 0 Å². The number of nitrogens with zero attached hydrogens (tertiary/aromatic N) is 2. The molecule has 1 aromatic rings. The lowest BCUT2D eigenvalue weighted by Gasteiger charge is -2.09. The van der Waals surface area contributed by atoms with Crippen LogP contribution in [-0.2, 0) is 0 Å². The maximum Gasteiger partial charge on any atom is 0.219 e. The Balaban J connectivity index is 2.41. The lowest BCUT2D eigenvalue weighted by Crippen LogP contribution is -2.04. The number of hydrogen-bond acceptors (Lipinski definition) is 5. The van der Waals surface area contributed by atoms with Gasteiger partial charge >= 0.3 is 0 Å². The Morgan fingerprint density at radius 2 is 1.95 bits per heavy atom. The van der Waals surface area contributed by atoms with Crippen molar-refractivity contribution in [2.75, 3.05) is 24.7 Å². The molecule has 1 rings (SSSR count). The summed E-state index contributed by atoms with van der Waals surface area (Å²) in [6, 6.07) is 1.87. The minimum absolute atomic E-state index is 0.672. The quantitative estimate of drug-likeness (QED) is 0.400. The topological polar surface area (TPSA) is 47.0 Å². The van der Waals surface area contributed by atoms with Crippen molar-refractivity contribution >= 4 is 17.6 Å². The number of unbranched alkanes of at least 4 members (excludes halogenated alkanes) is 4. The van der Waals surface area contributed by atoms with Crippen LogP contribution in [0.1, 0.15) is 46.0 Å². The van der Waals surface area contributed by atoms with E-state index in [1.165, 1.54) is 37.4 Å². The number of hydrogen-bond donors (Lipinski definition) is 1. The maximum absolute atomic E-state index is 5.71. The number of ether oxygens (including phenoxy) is 1. The van der Waals surface area contributed by atoms with E-state index in [4.69, 9.17) is 4.74 Å². The van der Waals surface area contributed by atoms with Gasteiger partial charge in [-0.05, 0) is 19.6 Å². The van der Waals surface area contributed by atoms with Gasteiger partial charge in [0.15, 0.2) is 5.16 Å². The summed E-state index contributed by atoms with van der Waals surface area (Å²) in [5.41, 5.74) is 0. The van der Waals surface area contributed by atoms with Gasteiger partial charge in [0.1, 0.15) is 5.82 Å². The molecule has 1 N–H and O–H groups in total. The van der Waals surface area contributed by atoms with Gasteiger partial charge in [0.2, 0.25) is 5.88 Å². The SMILES string of the molecule is CCCCCCCOc1cc(NCC)nc(SC)n1. The molecule has 0 aliphatic heterocycles. The molecule has 1 aromatic heterocycles. The van der Waals surface area contributed by atoms with Crippen molar-refractivity contribution in [3.63, 3.8) is 0 Å². The molecular formula is C14H25N3OS. The Morgan fingerprint density at radius 1 is 1.16 bits per heavy atom. The largest absolute Gasteiger partial charge is 0.478 e. The highest BCUT2D eigenvalue weighted by atomic mass is 32.2. The van der Waals surface area contributed by atoms with Gasteiger partial charge in [-0.25, -0.2) is 4.98 Å². The highest BCUT2D eigenvalue weighted by Gasteiger charge is 2.04. The van der Waals surface area contributed by atoms with Crippen LogP contribution in [0.3, 0.4) is 0 Å². The van der Waals surface area contributed by atoms with Gasteiger partial charge in [-0.1, -0.05) is 44.4 Å². The molecule has 0 aromatic carbocycles. The average molecular weight is 283 g/mol. The first-order chi connectivity index (χ1) is 9.30. The lowest BCUT2D eigenvalue weighted by atomic mass is 10.2. The minimum Gasteiger partial charge on any atom is -0.478 e. The molecule has 0 saturated heterocycles. The molecule has 0 unspecified atom stereocenters. The van der Waals surface area contributed by atoms with E-state index in [-0.39, 0.29) is 0 Å².